The third-order valence-electron chi connectivity index (χ3n) is 6.14. The van der Waals surface area contributed by atoms with E-state index >= 15 is 0 Å². The number of rotatable bonds is 7. The van der Waals surface area contributed by atoms with E-state index in [2.05, 4.69) is 17.6 Å². The predicted molar refractivity (Wildman–Crippen MR) is 121 cm³/mol. The summed E-state index contributed by atoms with van der Waals surface area (Å²) >= 11 is 0. The smallest absolute Gasteiger partial charge is 0.227 e. The summed E-state index contributed by atoms with van der Waals surface area (Å²) in [6, 6.07) is 15.3. The predicted octanol–water partition coefficient (Wildman–Crippen LogP) is 3.83. The molecule has 1 saturated carbocycles. The summed E-state index contributed by atoms with van der Waals surface area (Å²) in [6.07, 6.45) is 3.11. The molecule has 6 heteroatoms. The van der Waals surface area contributed by atoms with Crippen LogP contribution in [0.15, 0.2) is 48.5 Å². The monoisotopic (exact) mass is 419 g/mol. The quantitative estimate of drug-likeness (QED) is 0.716. The lowest BCUT2D eigenvalue weighted by Crippen LogP contribution is -2.34. The van der Waals surface area contributed by atoms with Crippen LogP contribution in [0.5, 0.6) is 0 Å². The van der Waals surface area contributed by atoms with Gasteiger partial charge in [0.15, 0.2) is 0 Å². The van der Waals surface area contributed by atoms with Gasteiger partial charge in [-0.25, -0.2) is 0 Å². The number of anilines is 2. The molecule has 0 aromatic heterocycles. The van der Waals surface area contributed by atoms with Crippen LogP contribution < -0.4 is 15.5 Å². The van der Waals surface area contributed by atoms with Gasteiger partial charge in [-0.15, -0.1) is 0 Å². The van der Waals surface area contributed by atoms with Gasteiger partial charge < -0.3 is 15.5 Å². The summed E-state index contributed by atoms with van der Waals surface area (Å²) in [4.78, 5) is 38.9. The van der Waals surface area contributed by atoms with Crippen LogP contribution in [0.4, 0.5) is 11.4 Å². The summed E-state index contributed by atoms with van der Waals surface area (Å²) in [5, 5.41) is 5.95. The van der Waals surface area contributed by atoms with Crippen molar-refractivity contribution in [2.75, 3.05) is 16.8 Å². The van der Waals surface area contributed by atoms with Gasteiger partial charge in [-0.05, 0) is 61.6 Å². The summed E-state index contributed by atoms with van der Waals surface area (Å²) in [7, 11) is 0. The van der Waals surface area contributed by atoms with Crippen molar-refractivity contribution in [2.24, 2.45) is 11.8 Å². The van der Waals surface area contributed by atoms with Crippen molar-refractivity contribution >= 4 is 29.1 Å². The van der Waals surface area contributed by atoms with Crippen LogP contribution in [0.25, 0.3) is 0 Å². The largest absolute Gasteiger partial charge is 0.349 e. The average Bonchev–Trinajstić information content (AvgIpc) is 3.56. The second-order valence-electron chi connectivity index (χ2n) is 8.54. The van der Waals surface area contributed by atoms with Gasteiger partial charge in [0.2, 0.25) is 17.7 Å². The first-order valence-electron chi connectivity index (χ1n) is 11.0. The molecule has 2 fully saturated rings. The van der Waals surface area contributed by atoms with E-state index in [1.165, 1.54) is 5.56 Å². The number of hydrogen-bond acceptors (Lipinski definition) is 3. The molecular formula is C25H29N3O3. The Kier molecular flexibility index (Phi) is 6.07. The fourth-order valence-electron chi connectivity index (χ4n) is 3.90. The molecule has 162 valence electrons. The number of hydrogen-bond donors (Lipinski definition) is 2. The van der Waals surface area contributed by atoms with Gasteiger partial charge in [0.05, 0.1) is 12.0 Å². The summed E-state index contributed by atoms with van der Waals surface area (Å²) < 4.78 is 0. The van der Waals surface area contributed by atoms with Crippen LogP contribution in [0, 0.1) is 11.8 Å². The highest BCUT2D eigenvalue weighted by atomic mass is 16.2. The number of nitrogens with one attached hydrogen (secondary N) is 2. The Morgan fingerprint density at radius 1 is 1.00 bits per heavy atom. The highest BCUT2D eigenvalue weighted by molar-refractivity contribution is 6.00. The maximum Gasteiger partial charge on any atom is 0.227 e. The molecule has 3 amide bonds. The maximum atomic E-state index is 12.8. The first-order chi connectivity index (χ1) is 14.9. The van der Waals surface area contributed by atoms with Gasteiger partial charge in [-0.2, -0.15) is 0 Å². The van der Waals surface area contributed by atoms with E-state index in [0.29, 0.717) is 6.54 Å². The summed E-state index contributed by atoms with van der Waals surface area (Å²) in [6.45, 7) is 4.41. The Hall–Kier alpha value is -3.15. The number of aryl methyl sites for hydroxylation is 1. The van der Waals surface area contributed by atoms with Crippen LogP contribution in [0.1, 0.15) is 50.3 Å². The molecule has 2 unspecified atom stereocenters. The molecule has 31 heavy (non-hydrogen) atoms. The standard InChI is InChI=1S/C25H29N3O3/c1-3-17-4-12-22(13-5-17)28-15-20(14-23(28)29)25(31)26-16(2)18-8-10-21(11-9-18)27-24(30)19-6-7-19/h4-5,8-13,16,19-20H,3,6-7,14-15H2,1-2H3,(H,26,31)(H,27,30). The zero-order valence-corrected chi connectivity index (χ0v) is 18.1. The second kappa shape index (κ2) is 8.92. The molecule has 2 aliphatic rings. The molecule has 2 aromatic carbocycles. The Balaban J connectivity index is 1.33. The third kappa shape index (κ3) is 4.95. The highest BCUT2D eigenvalue weighted by Gasteiger charge is 2.35. The van der Waals surface area contributed by atoms with E-state index in [4.69, 9.17) is 0 Å². The van der Waals surface area contributed by atoms with Gasteiger partial charge in [0.1, 0.15) is 0 Å². The van der Waals surface area contributed by atoms with E-state index in [0.717, 1.165) is 36.2 Å². The van der Waals surface area contributed by atoms with Crippen LogP contribution in [0.3, 0.4) is 0 Å². The first kappa shape index (κ1) is 21.1. The van der Waals surface area contributed by atoms with Crippen molar-refractivity contribution in [3.8, 4) is 0 Å². The molecule has 4 rings (SSSR count). The van der Waals surface area contributed by atoms with Crippen molar-refractivity contribution in [1.29, 1.82) is 0 Å². The van der Waals surface area contributed by atoms with Crippen molar-refractivity contribution in [3.05, 3.63) is 59.7 Å². The third-order valence-corrected chi connectivity index (χ3v) is 6.14. The van der Waals surface area contributed by atoms with Crippen LogP contribution in [-0.4, -0.2) is 24.3 Å². The second-order valence-corrected chi connectivity index (χ2v) is 8.54. The van der Waals surface area contributed by atoms with Gasteiger partial charge in [-0.1, -0.05) is 31.2 Å². The molecule has 2 aromatic rings. The number of benzene rings is 2. The minimum absolute atomic E-state index is 0.0205. The first-order valence-corrected chi connectivity index (χ1v) is 11.0. The molecule has 1 aliphatic carbocycles. The van der Waals surface area contributed by atoms with E-state index in [1.807, 2.05) is 55.5 Å². The van der Waals surface area contributed by atoms with Gasteiger partial charge in [-0.3, -0.25) is 14.4 Å². The normalized spacial score (nSPS) is 19.2. The number of carbonyl (C=O) groups excluding carboxylic acids is 3. The molecule has 0 radical (unpaired) electrons. The zero-order chi connectivity index (χ0) is 22.0. The number of carbonyl (C=O) groups is 3. The minimum atomic E-state index is -0.363. The van der Waals surface area contributed by atoms with Crippen molar-refractivity contribution in [1.82, 2.24) is 5.32 Å². The maximum absolute atomic E-state index is 12.8. The lowest BCUT2D eigenvalue weighted by molar-refractivity contribution is -0.126. The molecular weight excluding hydrogens is 390 g/mol. The van der Waals surface area contributed by atoms with Gasteiger partial charge in [0, 0.05) is 30.3 Å². The Bertz CT molecular complexity index is 965. The van der Waals surface area contributed by atoms with Crippen molar-refractivity contribution in [3.63, 3.8) is 0 Å². The Morgan fingerprint density at radius 3 is 2.29 bits per heavy atom. The molecule has 0 spiro atoms. The average molecular weight is 420 g/mol. The van der Waals surface area contributed by atoms with E-state index in [-0.39, 0.29) is 42.0 Å². The lowest BCUT2D eigenvalue weighted by Gasteiger charge is -2.19. The van der Waals surface area contributed by atoms with Gasteiger partial charge in [0.25, 0.3) is 0 Å². The van der Waals surface area contributed by atoms with Gasteiger partial charge >= 0.3 is 0 Å². The zero-order valence-electron chi connectivity index (χ0n) is 18.1. The molecule has 1 saturated heterocycles. The number of amides is 3. The lowest BCUT2D eigenvalue weighted by atomic mass is 10.0. The fourth-order valence-corrected chi connectivity index (χ4v) is 3.90. The molecule has 2 N–H and O–H groups in total. The summed E-state index contributed by atoms with van der Waals surface area (Å²) in [5.74, 6) is -0.254. The minimum Gasteiger partial charge on any atom is -0.349 e. The fraction of sp³-hybridized carbons (Fsp3) is 0.400. The van der Waals surface area contributed by atoms with Crippen LogP contribution in [-0.2, 0) is 20.8 Å². The van der Waals surface area contributed by atoms with Crippen LogP contribution >= 0.6 is 0 Å². The molecule has 0 bridgehead atoms. The molecule has 6 nitrogen and oxygen atoms in total. The highest BCUT2D eigenvalue weighted by Crippen LogP contribution is 2.30. The van der Waals surface area contributed by atoms with Crippen molar-refractivity contribution < 1.29 is 14.4 Å². The number of nitrogens with zero attached hydrogens (tertiary/aromatic N) is 1. The van der Waals surface area contributed by atoms with E-state index in [9.17, 15) is 14.4 Å². The molecule has 2 atom stereocenters. The topological polar surface area (TPSA) is 78.5 Å². The summed E-state index contributed by atoms with van der Waals surface area (Å²) in [5.41, 5.74) is 3.78. The van der Waals surface area contributed by atoms with Crippen molar-refractivity contribution in [2.45, 2.75) is 45.6 Å². The van der Waals surface area contributed by atoms with E-state index in [1.54, 1.807) is 4.90 Å². The SMILES string of the molecule is CCc1ccc(N2CC(C(=O)NC(C)c3ccc(NC(=O)C4CC4)cc3)CC2=O)cc1. The molecule has 1 heterocycles. The Morgan fingerprint density at radius 2 is 1.68 bits per heavy atom. The van der Waals surface area contributed by atoms with E-state index < -0.39 is 0 Å². The molecule has 1 aliphatic heterocycles. The Labute approximate surface area is 183 Å². The van der Waals surface area contributed by atoms with Crippen LogP contribution in [0.2, 0.25) is 0 Å².